The fourth-order valence-corrected chi connectivity index (χ4v) is 6.98. The number of carbonyl (C=O) groups excluding carboxylic acids is 2. The zero-order valence-electron chi connectivity index (χ0n) is 25.1. The summed E-state index contributed by atoms with van der Waals surface area (Å²) in [6, 6.07) is -0.00271. The van der Waals surface area contributed by atoms with Crippen LogP contribution < -0.4 is 10.9 Å². The molecule has 0 saturated heterocycles. The summed E-state index contributed by atoms with van der Waals surface area (Å²) in [6.45, 7) is 9.83. The number of nitrogens with zero attached hydrogens (tertiary/aromatic N) is 6. The lowest BCUT2D eigenvalue weighted by molar-refractivity contribution is 0.0270. The highest BCUT2D eigenvalue weighted by Crippen LogP contribution is 2.37. The van der Waals surface area contributed by atoms with Crippen molar-refractivity contribution in [3.05, 3.63) is 51.0 Å². The van der Waals surface area contributed by atoms with Gasteiger partial charge in [0, 0.05) is 41.7 Å². The molecule has 1 amide bonds. The molecule has 12 heteroatoms. The van der Waals surface area contributed by atoms with Crippen molar-refractivity contribution in [1.82, 2.24) is 29.4 Å². The van der Waals surface area contributed by atoms with Crippen molar-refractivity contribution in [3.8, 4) is 0 Å². The predicted molar refractivity (Wildman–Crippen MR) is 167 cm³/mol. The SMILES string of the molecule is CC(=O)c1c(C)c2cnc(Nc3ncnc4c(C5=CCN(C(=O)OC(C)(C)C)CC5)csc34)nc2n(C2CCCC2)c1=O. The van der Waals surface area contributed by atoms with Gasteiger partial charge in [-0.15, -0.1) is 11.3 Å². The van der Waals surface area contributed by atoms with Crippen molar-refractivity contribution < 1.29 is 14.3 Å². The number of hydrogen-bond donors (Lipinski definition) is 1. The molecule has 2 aliphatic rings. The molecular weight excluding hydrogens is 566 g/mol. The van der Waals surface area contributed by atoms with Gasteiger partial charge >= 0.3 is 6.09 Å². The maximum Gasteiger partial charge on any atom is 0.410 e. The molecule has 0 spiro atoms. The quantitative estimate of drug-likeness (QED) is 0.266. The van der Waals surface area contributed by atoms with Gasteiger partial charge in [0.15, 0.2) is 11.6 Å². The number of rotatable bonds is 5. The van der Waals surface area contributed by atoms with Gasteiger partial charge in [-0.2, -0.15) is 4.98 Å². The summed E-state index contributed by atoms with van der Waals surface area (Å²) in [5.74, 6) is 0.633. The van der Waals surface area contributed by atoms with Gasteiger partial charge in [-0.1, -0.05) is 18.9 Å². The maximum atomic E-state index is 13.6. The van der Waals surface area contributed by atoms with E-state index in [1.54, 1.807) is 22.6 Å². The van der Waals surface area contributed by atoms with E-state index in [2.05, 4.69) is 31.7 Å². The molecule has 0 unspecified atom stereocenters. The number of hydrogen-bond acceptors (Lipinski definition) is 10. The summed E-state index contributed by atoms with van der Waals surface area (Å²) in [7, 11) is 0. The van der Waals surface area contributed by atoms with Crippen LogP contribution in [-0.2, 0) is 4.74 Å². The highest BCUT2D eigenvalue weighted by atomic mass is 32.1. The second-order valence-electron chi connectivity index (χ2n) is 12.2. The third-order valence-electron chi connectivity index (χ3n) is 8.04. The Hall–Kier alpha value is -4.19. The fraction of sp³-hybridized carbons (Fsp3) is 0.452. The molecule has 1 aliphatic carbocycles. The predicted octanol–water partition coefficient (Wildman–Crippen LogP) is 6.19. The molecule has 1 saturated carbocycles. The van der Waals surface area contributed by atoms with Gasteiger partial charge in [-0.25, -0.2) is 19.7 Å². The molecule has 0 aromatic carbocycles. The molecule has 0 atom stereocenters. The van der Waals surface area contributed by atoms with Crippen molar-refractivity contribution in [2.45, 2.75) is 78.4 Å². The minimum absolute atomic E-state index is 0.00271. The first-order valence-electron chi connectivity index (χ1n) is 14.6. The molecule has 0 bridgehead atoms. The van der Waals surface area contributed by atoms with Crippen molar-refractivity contribution in [2.24, 2.45) is 0 Å². The molecule has 43 heavy (non-hydrogen) atoms. The van der Waals surface area contributed by atoms with Crippen LogP contribution in [0.3, 0.4) is 0 Å². The van der Waals surface area contributed by atoms with E-state index in [4.69, 9.17) is 9.72 Å². The highest BCUT2D eigenvalue weighted by Gasteiger charge is 2.27. The van der Waals surface area contributed by atoms with Crippen LogP contribution in [0.4, 0.5) is 16.6 Å². The monoisotopic (exact) mass is 601 g/mol. The first-order valence-corrected chi connectivity index (χ1v) is 15.5. The van der Waals surface area contributed by atoms with Crippen molar-refractivity contribution in [2.75, 3.05) is 18.4 Å². The third-order valence-corrected chi connectivity index (χ3v) is 9.02. The standard InChI is InChI=1S/C31H35N7O4S/c1-17-21-14-32-29(36-27(21)38(20-8-6-7-9-20)28(40)23(17)18(2)39)35-26-25-24(33-16-34-26)22(15-43-25)19-10-12-37(13-11-19)30(41)42-31(3,4)5/h10,14-16,20H,6-9,11-13H2,1-5H3,(H,32,33,34,35,36). The Bertz CT molecular complexity index is 1850. The van der Waals surface area contributed by atoms with Gasteiger partial charge in [0.05, 0.1) is 15.8 Å². The Morgan fingerprint density at radius 3 is 2.58 bits per heavy atom. The van der Waals surface area contributed by atoms with Crippen LogP contribution in [-0.4, -0.2) is 60.0 Å². The van der Waals surface area contributed by atoms with Crippen LogP contribution in [0.2, 0.25) is 0 Å². The van der Waals surface area contributed by atoms with Gasteiger partial charge in [-0.05, 0) is 65.0 Å². The van der Waals surface area contributed by atoms with E-state index in [0.29, 0.717) is 47.9 Å². The molecule has 1 fully saturated rings. The molecule has 1 aliphatic heterocycles. The van der Waals surface area contributed by atoms with Gasteiger partial charge in [-0.3, -0.25) is 14.2 Å². The molecule has 1 N–H and O–H groups in total. The summed E-state index contributed by atoms with van der Waals surface area (Å²) >= 11 is 1.52. The lowest BCUT2D eigenvalue weighted by Crippen LogP contribution is -2.39. The summed E-state index contributed by atoms with van der Waals surface area (Å²) in [4.78, 5) is 58.6. The topological polar surface area (TPSA) is 132 Å². The average molecular weight is 602 g/mol. The van der Waals surface area contributed by atoms with E-state index in [9.17, 15) is 14.4 Å². The number of ketones is 1. The van der Waals surface area contributed by atoms with E-state index in [1.807, 2.05) is 20.8 Å². The molecule has 224 valence electrons. The van der Waals surface area contributed by atoms with Gasteiger partial charge < -0.3 is 15.0 Å². The lowest BCUT2D eigenvalue weighted by atomic mass is 10.0. The lowest BCUT2D eigenvalue weighted by Gasteiger charge is -2.29. The van der Waals surface area contributed by atoms with Crippen LogP contribution in [0, 0.1) is 6.92 Å². The summed E-state index contributed by atoms with van der Waals surface area (Å²) in [5.41, 5.74) is 3.45. The van der Waals surface area contributed by atoms with E-state index in [0.717, 1.165) is 47.0 Å². The Balaban J connectivity index is 1.32. The highest BCUT2D eigenvalue weighted by molar-refractivity contribution is 7.18. The zero-order valence-corrected chi connectivity index (χ0v) is 25.9. The van der Waals surface area contributed by atoms with Crippen LogP contribution in [0.5, 0.6) is 0 Å². The van der Waals surface area contributed by atoms with E-state index >= 15 is 0 Å². The third kappa shape index (κ3) is 5.51. The number of aromatic nitrogens is 5. The minimum Gasteiger partial charge on any atom is -0.444 e. The van der Waals surface area contributed by atoms with Crippen LogP contribution in [0.1, 0.15) is 87.3 Å². The number of aryl methyl sites for hydroxylation is 1. The molecule has 5 heterocycles. The molecule has 0 radical (unpaired) electrons. The summed E-state index contributed by atoms with van der Waals surface area (Å²) < 4.78 is 8.08. The van der Waals surface area contributed by atoms with Crippen molar-refractivity contribution >= 4 is 61.8 Å². The average Bonchev–Trinajstić information content (AvgIpc) is 3.63. The van der Waals surface area contributed by atoms with Crippen LogP contribution in [0.15, 0.2) is 28.8 Å². The second kappa shape index (κ2) is 11.1. The Morgan fingerprint density at radius 1 is 1.14 bits per heavy atom. The number of thiophene rings is 1. The van der Waals surface area contributed by atoms with E-state index < -0.39 is 5.60 Å². The molecule has 11 nitrogen and oxygen atoms in total. The molecular formula is C31H35N7O4S. The van der Waals surface area contributed by atoms with E-state index in [-0.39, 0.29) is 29.0 Å². The number of ether oxygens (including phenoxy) is 1. The number of anilines is 2. The number of Topliss-reactive ketones (excluding diaryl/α,β-unsaturated/α-hetero) is 1. The van der Waals surface area contributed by atoms with Crippen LogP contribution >= 0.6 is 11.3 Å². The number of amides is 1. The first kappa shape index (κ1) is 28.9. The largest absolute Gasteiger partial charge is 0.444 e. The Labute approximate surface area is 253 Å². The van der Waals surface area contributed by atoms with Gasteiger partial charge in [0.1, 0.15) is 17.6 Å². The van der Waals surface area contributed by atoms with Crippen molar-refractivity contribution in [1.29, 1.82) is 0 Å². The summed E-state index contributed by atoms with van der Waals surface area (Å²) in [5, 5.41) is 6.01. The normalized spacial score (nSPS) is 16.1. The minimum atomic E-state index is -0.538. The number of carbonyl (C=O) groups is 2. The Morgan fingerprint density at radius 2 is 1.91 bits per heavy atom. The Kier molecular flexibility index (Phi) is 7.49. The molecule has 4 aromatic heterocycles. The van der Waals surface area contributed by atoms with E-state index in [1.165, 1.54) is 24.6 Å². The maximum absolute atomic E-state index is 13.6. The number of nitrogens with one attached hydrogen (secondary N) is 1. The number of fused-ring (bicyclic) bond motifs is 2. The molecule has 4 aromatic rings. The smallest absolute Gasteiger partial charge is 0.410 e. The second-order valence-corrected chi connectivity index (χ2v) is 13.1. The van der Waals surface area contributed by atoms with Gasteiger partial charge in [0.25, 0.3) is 5.56 Å². The van der Waals surface area contributed by atoms with Crippen molar-refractivity contribution in [3.63, 3.8) is 0 Å². The van der Waals surface area contributed by atoms with Crippen LogP contribution in [0.25, 0.3) is 26.8 Å². The fourth-order valence-electron chi connectivity index (χ4n) is 5.99. The molecule has 6 rings (SSSR count). The zero-order chi connectivity index (χ0) is 30.5. The first-order chi connectivity index (χ1) is 20.5. The van der Waals surface area contributed by atoms with Gasteiger partial charge in [0.2, 0.25) is 5.95 Å². The number of pyridine rings is 1. The summed E-state index contributed by atoms with van der Waals surface area (Å²) in [6.07, 6.45) is 9.43.